The van der Waals surface area contributed by atoms with Crippen molar-refractivity contribution in [2.75, 3.05) is 13.1 Å². The van der Waals surface area contributed by atoms with Gasteiger partial charge >= 0.3 is 0 Å². The zero-order valence-electron chi connectivity index (χ0n) is 16.2. The van der Waals surface area contributed by atoms with E-state index in [2.05, 4.69) is 19.1 Å². The molecule has 0 bridgehead atoms. The van der Waals surface area contributed by atoms with Gasteiger partial charge in [0.15, 0.2) is 0 Å². The molecule has 2 atom stereocenters. The Bertz CT molecular complexity index is 1020. The molecule has 1 aromatic carbocycles. The normalized spacial score (nSPS) is 19.9. The van der Waals surface area contributed by atoms with E-state index >= 15 is 0 Å². The number of morpholine rings is 1. The molecule has 1 aliphatic rings. The number of benzene rings is 1. The average Bonchev–Trinajstić information content (AvgIpc) is 3.15. The zero-order chi connectivity index (χ0) is 19.8. The third kappa shape index (κ3) is 3.79. The van der Waals surface area contributed by atoms with Crippen LogP contribution in [0.15, 0.2) is 36.4 Å². The lowest BCUT2D eigenvalue weighted by Crippen LogP contribution is -2.48. The van der Waals surface area contributed by atoms with E-state index in [1.54, 1.807) is 11.3 Å². The van der Waals surface area contributed by atoms with E-state index in [-0.39, 0.29) is 18.1 Å². The van der Waals surface area contributed by atoms with Gasteiger partial charge in [-0.25, -0.2) is 4.98 Å². The highest BCUT2D eigenvalue weighted by Crippen LogP contribution is 2.32. The van der Waals surface area contributed by atoms with Crippen LogP contribution in [-0.4, -0.2) is 41.1 Å². The fourth-order valence-corrected chi connectivity index (χ4v) is 4.80. The molecule has 6 heteroatoms. The number of aromatic nitrogens is 1. The number of aryl methyl sites for hydroxylation is 1. The molecular formula is C22H23ClN2O2S. The highest BCUT2D eigenvalue weighted by atomic mass is 35.5. The number of carbonyl (C=O) groups is 1. The molecule has 4 rings (SSSR count). The maximum atomic E-state index is 13.5. The third-order valence-corrected chi connectivity index (χ3v) is 6.46. The Kier molecular flexibility index (Phi) is 5.41. The molecule has 0 aliphatic carbocycles. The summed E-state index contributed by atoms with van der Waals surface area (Å²) >= 11 is 7.96. The van der Waals surface area contributed by atoms with Crippen LogP contribution in [0.3, 0.4) is 0 Å². The fraction of sp³-hybridized carbons (Fsp3) is 0.364. The summed E-state index contributed by atoms with van der Waals surface area (Å²) < 4.78 is 5.79. The van der Waals surface area contributed by atoms with Gasteiger partial charge in [0.05, 0.1) is 33.9 Å². The molecule has 3 aromatic rings. The number of fused-ring (bicyclic) bond motifs is 1. The van der Waals surface area contributed by atoms with E-state index in [0.29, 0.717) is 23.7 Å². The second-order valence-electron chi connectivity index (χ2n) is 7.30. The van der Waals surface area contributed by atoms with Gasteiger partial charge in [-0.15, -0.1) is 11.3 Å². The molecule has 3 heterocycles. The summed E-state index contributed by atoms with van der Waals surface area (Å²) in [6.07, 6.45) is 1.03. The second kappa shape index (κ2) is 7.82. The number of hydrogen-bond donors (Lipinski definition) is 0. The molecule has 1 aliphatic heterocycles. The molecular weight excluding hydrogens is 392 g/mol. The van der Waals surface area contributed by atoms with Crippen molar-refractivity contribution in [2.24, 2.45) is 0 Å². The average molecular weight is 415 g/mol. The number of thiophene rings is 1. The van der Waals surface area contributed by atoms with Crippen LogP contribution in [0.2, 0.25) is 5.02 Å². The van der Waals surface area contributed by atoms with Crippen molar-refractivity contribution in [1.82, 2.24) is 9.88 Å². The molecule has 0 saturated carbocycles. The first-order valence-corrected chi connectivity index (χ1v) is 10.8. The first-order valence-electron chi connectivity index (χ1n) is 9.58. The minimum absolute atomic E-state index is 0.00480. The molecule has 0 N–H and O–H groups in total. The lowest BCUT2D eigenvalue weighted by atomic mass is 10.0. The molecule has 0 unspecified atom stereocenters. The standard InChI is InChI=1S/C22H23ClN2O2S/c1-4-16-6-8-21(28-16)20-10-18(17-9-15(23)5-7-19(17)24-20)22(26)25-11-13(2)27-14(3)12-25/h5-10,13-14H,4,11-12H2,1-3H3/t13-,14-/m0/s1. The van der Waals surface area contributed by atoms with E-state index in [1.807, 2.05) is 43.0 Å². The molecule has 28 heavy (non-hydrogen) atoms. The predicted molar refractivity (Wildman–Crippen MR) is 115 cm³/mol. The van der Waals surface area contributed by atoms with E-state index in [0.717, 1.165) is 27.9 Å². The summed E-state index contributed by atoms with van der Waals surface area (Å²) in [5, 5.41) is 1.39. The largest absolute Gasteiger partial charge is 0.372 e. The van der Waals surface area contributed by atoms with Crippen LogP contribution >= 0.6 is 22.9 Å². The minimum atomic E-state index is 0.00480. The Morgan fingerprint density at radius 1 is 1.21 bits per heavy atom. The molecule has 4 nitrogen and oxygen atoms in total. The summed E-state index contributed by atoms with van der Waals surface area (Å²) in [6, 6.07) is 11.7. The number of halogens is 1. The van der Waals surface area contributed by atoms with Crippen molar-refractivity contribution < 1.29 is 9.53 Å². The van der Waals surface area contributed by atoms with Crippen LogP contribution in [0.25, 0.3) is 21.5 Å². The SMILES string of the molecule is CCc1ccc(-c2cc(C(=O)N3C[C@H](C)O[C@@H](C)C3)c3cc(Cl)ccc3n2)s1. The van der Waals surface area contributed by atoms with Gasteiger partial charge in [0.25, 0.3) is 5.91 Å². The summed E-state index contributed by atoms with van der Waals surface area (Å²) in [7, 11) is 0. The summed E-state index contributed by atoms with van der Waals surface area (Å²) in [5.41, 5.74) is 2.26. The van der Waals surface area contributed by atoms with Crippen molar-refractivity contribution >= 4 is 39.7 Å². The molecule has 1 fully saturated rings. The first kappa shape index (κ1) is 19.4. The van der Waals surface area contributed by atoms with E-state index < -0.39 is 0 Å². The third-order valence-electron chi connectivity index (χ3n) is 4.97. The topological polar surface area (TPSA) is 42.4 Å². The number of ether oxygens (including phenoxy) is 1. The van der Waals surface area contributed by atoms with Gasteiger partial charge in [-0.2, -0.15) is 0 Å². The summed E-state index contributed by atoms with van der Waals surface area (Å²) in [5.74, 6) is 0.00480. The number of nitrogens with zero attached hydrogens (tertiary/aromatic N) is 2. The molecule has 1 saturated heterocycles. The highest BCUT2D eigenvalue weighted by Gasteiger charge is 2.28. The molecule has 0 spiro atoms. The quantitative estimate of drug-likeness (QED) is 0.574. The number of rotatable bonds is 3. The second-order valence-corrected chi connectivity index (χ2v) is 8.91. The van der Waals surface area contributed by atoms with Crippen molar-refractivity contribution in [2.45, 2.75) is 39.4 Å². The van der Waals surface area contributed by atoms with Crippen molar-refractivity contribution in [3.05, 3.63) is 51.9 Å². The molecule has 0 radical (unpaired) electrons. The van der Waals surface area contributed by atoms with E-state index in [1.165, 1.54) is 4.88 Å². The van der Waals surface area contributed by atoms with Crippen molar-refractivity contribution in [3.63, 3.8) is 0 Å². The number of carbonyl (C=O) groups excluding carboxylic acids is 1. The molecule has 146 valence electrons. The Balaban J connectivity index is 1.82. The van der Waals surface area contributed by atoms with Crippen molar-refractivity contribution in [1.29, 1.82) is 0 Å². The first-order chi connectivity index (χ1) is 13.4. The molecule has 2 aromatic heterocycles. The predicted octanol–water partition coefficient (Wildman–Crippen LogP) is 5.43. The van der Waals surface area contributed by atoms with Gasteiger partial charge in [0.2, 0.25) is 0 Å². The van der Waals surface area contributed by atoms with Crippen LogP contribution in [0.4, 0.5) is 0 Å². The van der Waals surface area contributed by atoms with Crippen LogP contribution < -0.4 is 0 Å². The fourth-order valence-electron chi connectivity index (χ4n) is 3.72. The molecule has 1 amide bonds. The zero-order valence-corrected chi connectivity index (χ0v) is 17.8. The maximum absolute atomic E-state index is 13.5. The highest BCUT2D eigenvalue weighted by molar-refractivity contribution is 7.15. The van der Waals surface area contributed by atoms with Gasteiger partial charge in [-0.05, 0) is 56.7 Å². The minimum Gasteiger partial charge on any atom is -0.372 e. The lowest BCUT2D eigenvalue weighted by Gasteiger charge is -2.35. The van der Waals surface area contributed by atoms with Gasteiger partial charge in [0, 0.05) is 28.4 Å². The van der Waals surface area contributed by atoms with Gasteiger partial charge in [-0.3, -0.25) is 4.79 Å². The number of pyridine rings is 1. The Labute approximate surface area is 174 Å². The van der Waals surface area contributed by atoms with Gasteiger partial charge < -0.3 is 9.64 Å². The summed E-state index contributed by atoms with van der Waals surface area (Å²) in [6.45, 7) is 7.31. The van der Waals surface area contributed by atoms with Crippen LogP contribution in [0.5, 0.6) is 0 Å². The van der Waals surface area contributed by atoms with Crippen LogP contribution in [-0.2, 0) is 11.2 Å². The van der Waals surface area contributed by atoms with Crippen LogP contribution in [0, 0.1) is 0 Å². The number of hydrogen-bond acceptors (Lipinski definition) is 4. The smallest absolute Gasteiger partial charge is 0.254 e. The van der Waals surface area contributed by atoms with E-state index in [9.17, 15) is 4.79 Å². The maximum Gasteiger partial charge on any atom is 0.254 e. The lowest BCUT2D eigenvalue weighted by molar-refractivity contribution is -0.0585. The Morgan fingerprint density at radius 3 is 2.64 bits per heavy atom. The van der Waals surface area contributed by atoms with Gasteiger partial charge in [0.1, 0.15) is 0 Å². The van der Waals surface area contributed by atoms with Gasteiger partial charge in [-0.1, -0.05) is 18.5 Å². The Morgan fingerprint density at radius 2 is 1.96 bits per heavy atom. The van der Waals surface area contributed by atoms with E-state index in [4.69, 9.17) is 21.3 Å². The number of amides is 1. The van der Waals surface area contributed by atoms with Crippen molar-refractivity contribution in [3.8, 4) is 10.6 Å². The summed E-state index contributed by atoms with van der Waals surface area (Å²) in [4.78, 5) is 22.5. The van der Waals surface area contributed by atoms with Crippen LogP contribution in [0.1, 0.15) is 36.0 Å². The Hall–Kier alpha value is -1.95. The monoisotopic (exact) mass is 414 g/mol.